The largest absolute Gasteiger partial charge is 0.371 e. The van der Waals surface area contributed by atoms with E-state index in [-0.39, 0.29) is 24.4 Å². The summed E-state index contributed by atoms with van der Waals surface area (Å²) in [6.45, 7) is 4.86. The Morgan fingerprint density at radius 2 is 2.10 bits per heavy atom. The second kappa shape index (κ2) is 10.2. The van der Waals surface area contributed by atoms with Gasteiger partial charge in [-0.15, -0.1) is 12.4 Å². The number of nitriles is 1. The summed E-state index contributed by atoms with van der Waals surface area (Å²) in [5, 5.41) is 19.9. The minimum absolute atomic E-state index is 0. The Morgan fingerprint density at radius 1 is 1.29 bits per heavy atom. The molecule has 1 fully saturated rings. The summed E-state index contributed by atoms with van der Waals surface area (Å²) in [5.41, 5.74) is 4.29. The van der Waals surface area contributed by atoms with Gasteiger partial charge in [0.05, 0.1) is 30.0 Å². The van der Waals surface area contributed by atoms with Crippen molar-refractivity contribution in [3.8, 4) is 17.3 Å². The van der Waals surface area contributed by atoms with E-state index in [2.05, 4.69) is 21.8 Å². The Morgan fingerprint density at radius 3 is 2.77 bits per heavy atom. The van der Waals surface area contributed by atoms with Crippen LogP contribution in [0.4, 0.5) is 5.69 Å². The molecule has 1 amide bonds. The molecule has 0 unspecified atom stereocenters. The third-order valence-electron chi connectivity index (χ3n) is 5.07. The number of nitrogens with one attached hydrogen (secondary N) is 2. The quantitative estimate of drug-likeness (QED) is 0.633. The van der Waals surface area contributed by atoms with Gasteiger partial charge in [0.2, 0.25) is 0 Å². The number of anilines is 1. The molecule has 0 spiro atoms. The first kappa shape index (κ1) is 22.5. The summed E-state index contributed by atoms with van der Waals surface area (Å²) in [4.78, 5) is 12.9. The van der Waals surface area contributed by atoms with Crippen LogP contribution in [0.3, 0.4) is 0 Å². The summed E-state index contributed by atoms with van der Waals surface area (Å²) in [6, 6.07) is 18.8. The second-order valence-corrected chi connectivity index (χ2v) is 7.06. The molecule has 0 aliphatic carbocycles. The average Bonchev–Trinajstić information content (AvgIpc) is 3.25. The fourth-order valence-electron chi connectivity index (χ4n) is 3.49. The van der Waals surface area contributed by atoms with Crippen molar-refractivity contribution in [2.75, 3.05) is 25.0 Å². The summed E-state index contributed by atoms with van der Waals surface area (Å²) in [5.74, 6) is -0.227. The van der Waals surface area contributed by atoms with Gasteiger partial charge < -0.3 is 15.4 Å². The Kier molecular flexibility index (Phi) is 7.42. The van der Waals surface area contributed by atoms with Crippen molar-refractivity contribution in [1.29, 1.82) is 5.26 Å². The lowest BCUT2D eigenvalue weighted by atomic mass is 10.1. The lowest BCUT2D eigenvalue weighted by Gasteiger charge is -2.24. The van der Waals surface area contributed by atoms with Gasteiger partial charge in [0.1, 0.15) is 5.69 Å². The molecular formula is C23H24ClN5O2. The molecular weight excluding hydrogens is 414 g/mol. The number of aromatic nitrogens is 2. The van der Waals surface area contributed by atoms with E-state index in [9.17, 15) is 4.79 Å². The van der Waals surface area contributed by atoms with Crippen molar-refractivity contribution in [1.82, 2.24) is 15.1 Å². The molecule has 7 nitrogen and oxygen atoms in total. The predicted octanol–water partition coefficient (Wildman–Crippen LogP) is 3.78. The number of ether oxygens (including phenoxy) is 1. The van der Waals surface area contributed by atoms with Gasteiger partial charge in [-0.1, -0.05) is 24.3 Å². The molecule has 2 heterocycles. The number of carbonyl (C=O) groups excluding carboxylic acids is 1. The zero-order valence-corrected chi connectivity index (χ0v) is 18.0. The normalized spacial score (nSPS) is 15.5. The molecule has 1 saturated heterocycles. The first-order valence-corrected chi connectivity index (χ1v) is 10.00. The maximum absolute atomic E-state index is 12.9. The van der Waals surface area contributed by atoms with Gasteiger partial charge in [-0.25, -0.2) is 0 Å². The number of hydrogen-bond donors (Lipinski definition) is 2. The molecule has 3 aromatic rings. The van der Waals surface area contributed by atoms with Gasteiger partial charge in [-0.2, -0.15) is 10.4 Å². The number of nitrogens with zero attached hydrogens (tertiary/aromatic N) is 3. The Labute approximate surface area is 187 Å². The first-order chi connectivity index (χ1) is 14.7. The van der Waals surface area contributed by atoms with Crippen LogP contribution in [0.2, 0.25) is 0 Å². The highest BCUT2D eigenvalue weighted by Gasteiger charge is 2.18. The highest BCUT2D eigenvalue weighted by Crippen LogP contribution is 2.23. The van der Waals surface area contributed by atoms with Gasteiger partial charge in [0.15, 0.2) is 0 Å². The maximum atomic E-state index is 12.9. The highest BCUT2D eigenvalue weighted by molar-refractivity contribution is 6.03. The van der Waals surface area contributed by atoms with Crippen LogP contribution in [-0.2, 0) is 11.3 Å². The number of carbonyl (C=O) groups is 1. The van der Waals surface area contributed by atoms with Crippen LogP contribution in [0.5, 0.6) is 0 Å². The third-order valence-corrected chi connectivity index (χ3v) is 5.07. The summed E-state index contributed by atoms with van der Waals surface area (Å²) < 4.78 is 7.43. The number of benzene rings is 2. The van der Waals surface area contributed by atoms with E-state index in [1.165, 1.54) is 0 Å². The van der Waals surface area contributed by atoms with E-state index in [1.807, 2.05) is 43.3 Å². The van der Waals surface area contributed by atoms with E-state index in [1.54, 1.807) is 22.9 Å². The highest BCUT2D eigenvalue weighted by atomic mass is 35.5. The molecule has 31 heavy (non-hydrogen) atoms. The number of morpholine rings is 1. The molecule has 0 radical (unpaired) electrons. The van der Waals surface area contributed by atoms with E-state index >= 15 is 0 Å². The molecule has 160 valence electrons. The molecule has 1 aromatic heterocycles. The predicted molar refractivity (Wildman–Crippen MR) is 121 cm³/mol. The van der Waals surface area contributed by atoms with E-state index in [0.29, 0.717) is 35.8 Å². The molecule has 8 heteroatoms. The summed E-state index contributed by atoms with van der Waals surface area (Å²) in [6.07, 6.45) is 0.0387. The maximum Gasteiger partial charge on any atom is 0.273 e. The van der Waals surface area contributed by atoms with Gasteiger partial charge in [-0.05, 0) is 42.8 Å². The fraction of sp³-hybridized carbons (Fsp3) is 0.261. The van der Waals surface area contributed by atoms with Crippen LogP contribution in [-0.4, -0.2) is 35.4 Å². The van der Waals surface area contributed by atoms with Crippen LogP contribution in [0.25, 0.3) is 11.3 Å². The van der Waals surface area contributed by atoms with Crippen LogP contribution < -0.4 is 10.6 Å². The lowest BCUT2D eigenvalue weighted by molar-refractivity contribution is 0.0277. The topological polar surface area (TPSA) is 92.0 Å². The minimum Gasteiger partial charge on any atom is -0.371 e. The monoisotopic (exact) mass is 437 g/mol. The molecule has 0 saturated carbocycles. The fourth-order valence-corrected chi connectivity index (χ4v) is 3.49. The minimum atomic E-state index is -0.227. The molecule has 1 aliphatic heterocycles. The number of rotatable bonds is 5. The van der Waals surface area contributed by atoms with Crippen LogP contribution >= 0.6 is 12.4 Å². The Balaban J connectivity index is 0.00000272. The van der Waals surface area contributed by atoms with E-state index in [4.69, 9.17) is 10.00 Å². The number of hydrogen-bond acceptors (Lipinski definition) is 5. The zero-order valence-electron chi connectivity index (χ0n) is 17.2. The van der Waals surface area contributed by atoms with Crippen molar-refractivity contribution in [2.24, 2.45) is 0 Å². The van der Waals surface area contributed by atoms with Crippen LogP contribution in [0.1, 0.15) is 34.6 Å². The second-order valence-electron chi connectivity index (χ2n) is 7.06. The van der Waals surface area contributed by atoms with Gasteiger partial charge in [-0.3, -0.25) is 9.48 Å². The summed E-state index contributed by atoms with van der Waals surface area (Å²) in [7, 11) is 0. The number of halogens is 1. The molecule has 2 aromatic carbocycles. The Hall–Kier alpha value is -3.18. The third kappa shape index (κ3) is 5.12. The number of amides is 1. The number of aryl methyl sites for hydroxylation is 1. The van der Waals surface area contributed by atoms with Crippen molar-refractivity contribution < 1.29 is 9.53 Å². The van der Waals surface area contributed by atoms with Crippen molar-refractivity contribution in [3.05, 3.63) is 71.4 Å². The van der Waals surface area contributed by atoms with Crippen molar-refractivity contribution >= 4 is 24.0 Å². The molecule has 1 aliphatic rings. The zero-order chi connectivity index (χ0) is 20.9. The molecule has 4 rings (SSSR count). The van der Waals surface area contributed by atoms with E-state index in [0.717, 1.165) is 24.2 Å². The van der Waals surface area contributed by atoms with Crippen molar-refractivity contribution in [3.63, 3.8) is 0 Å². The average molecular weight is 438 g/mol. The molecule has 0 bridgehead atoms. The summed E-state index contributed by atoms with van der Waals surface area (Å²) >= 11 is 0. The van der Waals surface area contributed by atoms with Crippen LogP contribution in [0, 0.1) is 11.3 Å². The standard InChI is InChI=1S/C23H23N5O2.ClH/c1-2-28-21(13-20(27-28)18-5-3-4-16(12-18)14-24)23(29)26-19-8-6-17(7-9-19)22-15-25-10-11-30-22;/h3-9,12-13,22,25H,2,10-11,15H2,1H3,(H,26,29);1H/t22-;/m1./s1. The lowest BCUT2D eigenvalue weighted by Crippen LogP contribution is -2.33. The smallest absolute Gasteiger partial charge is 0.273 e. The molecule has 2 N–H and O–H groups in total. The SMILES string of the molecule is CCn1nc(-c2cccc(C#N)c2)cc1C(=O)Nc1ccc([C@H]2CNCCO2)cc1.Cl. The first-order valence-electron chi connectivity index (χ1n) is 10.00. The van der Waals surface area contributed by atoms with Crippen LogP contribution in [0.15, 0.2) is 54.6 Å². The van der Waals surface area contributed by atoms with Gasteiger partial charge in [0, 0.05) is 30.9 Å². The van der Waals surface area contributed by atoms with Gasteiger partial charge >= 0.3 is 0 Å². The van der Waals surface area contributed by atoms with E-state index < -0.39 is 0 Å². The van der Waals surface area contributed by atoms with Gasteiger partial charge in [0.25, 0.3) is 5.91 Å². The molecule has 1 atom stereocenters. The van der Waals surface area contributed by atoms with Crippen molar-refractivity contribution in [2.45, 2.75) is 19.6 Å². The Bertz CT molecular complexity index is 1080.